The van der Waals surface area contributed by atoms with E-state index in [0.717, 1.165) is 5.69 Å². The molecule has 0 fully saturated rings. The predicted octanol–water partition coefficient (Wildman–Crippen LogP) is 2.70. The summed E-state index contributed by atoms with van der Waals surface area (Å²) in [6.07, 6.45) is 3.27. The average Bonchev–Trinajstić information content (AvgIpc) is 2.48. The molecule has 1 heterocycles. The second-order valence-corrected chi connectivity index (χ2v) is 4.43. The SMILES string of the molecule is CN(C(=O)CN(Cl)c1cccnc1)c1ccccc1. The van der Waals surface area contributed by atoms with Gasteiger partial charge < -0.3 is 4.90 Å². The van der Waals surface area contributed by atoms with Gasteiger partial charge in [-0.3, -0.25) is 14.2 Å². The number of carbonyl (C=O) groups is 1. The third-order valence-corrected chi connectivity index (χ3v) is 3.03. The second-order valence-electron chi connectivity index (χ2n) is 4.02. The van der Waals surface area contributed by atoms with Crippen molar-refractivity contribution < 1.29 is 4.79 Å². The first-order valence-electron chi connectivity index (χ1n) is 5.83. The minimum atomic E-state index is -0.0925. The van der Waals surface area contributed by atoms with Gasteiger partial charge in [-0.25, -0.2) is 0 Å². The van der Waals surface area contributed by atoms with Gasteiger partial charge >= 0.3 is 0 Å². The van der Waals surface area contributed by atoms with Crippen LogP contribution in [0.5, 0.6) is 0 Å². The largest absolute Gasteiger partial charge is 0.314 e. The number of benzene rings is 1. The molecule has 0 saturated heterocycles. The molecule has 5 heteroatoms. The fourth-order valence-corrected chi connectivity index (χ4v) is 1.81. The predicted molar refractivity (Wildman–Crippen MR) is 77.3 cm³/mol. The standard InChI is InChI=1S/C14H14ClN3O/c1-17(12-6-3-2-4-7-12)14(19)11-18(15)13-8-5-9-16-10-13/h2-10H,11H2,1H3. The smallest absolute Gasteiger partial charge is 0.247 e. The van der Waals surface area contributed by atoms with E-state index in [1.807, 2.05) is 30.3 Å². The van der Waals surface area contributed by atoms with Gasteiger partial charge in [0.25, 0.3) is 0 Å². The fraction of sp³-hybridized carbons (Fsp3) is 0.143. The van der Waals surface area contributed by atoms with Crippen LogP contribution in [0.25, 0.3) is 0 Å². The molecular weight excluding hydrogens is 262 g/mol. The lowest BCUT2D eigenvalue weighted by Crippen LogP contribution is -2.34. The molecule has 0 aliphatic rings. The number of amides is 1. The maximum absolute atomic E-state index is 12.1. The molecule has 0 aliphatic heterocycles. The van der Waals surface area contributed by atoms with Crippen LogP contribution in [0.15, 0.2) is 54.9 Å². The Kier molecular flexibility index (Phi) is 4.36. The molecule has 98 valence electrons. The van der Waals surface area contributed by atoms with E-state index in [4.69, 9.17) is 11.8 Å². The fourth-order valence-electron chi connectivity index (χ4n) is 1.61. The van der Waals surface area contributed by atoms with E-state index in [1.165, 1.54) is 4.42 Å². The van der Waals surface area contributed by atoms with Gasteiger partial charge in [0.05, 0.1) is 11.9 Å². The summed E-state index contributed by atoms with van der Waals surface area (Å²) in [5, 5.41) is 0. The lowest BCUT2D eigenvalue weighted by molar-refractivity contribution is -0.116. The van der Waals surface area contributed by atoms with Crippen molar-refractivity contribution in [2.24, 2.45) is 0 Å². The van der Waals surface area contributed by atoms with E-state index >= 15 is 0 Å². The lowest BCUT2D eigenvalue weighted by atomic mass is 10.3. The molecule has 0 unspecified atom stereocenters. The third kappa shape index (κ3) is 3.45. The normalized spacial score (nSPS) is 10.0. The molecule has 0 saturated carbocycles. The molecule has 0 aliphatic carbocycles. The molecule has 0 bridgehead atoms. The Morgan fingerprint density at radius 3 is 2.47 bits per heavy atom. The first-order chi connectivity index (χ1) is 9.18. The van der Waals surface area contributed by atoms with Crippen molar-refractivity contribution in [3.05, 3.63) is 54.9 Å². The maximum atomic E-state index is 12.1. The zero-order valence-corrected chi connectivity index (χ0v) is 11.3. The summed E-state index contributed by atoms with van der Waals surface area (Å²) >= 11 is 6.08. The minimum absolute atomic E-state index is 0.0820. The quantitative estimate of drug-likeness (QED) is 0.805. The van der Waals surface area contributed by atoms with E-state index in [9.17, 15) is 4.79 Å². The number of pyridine rings is 1. The summed E-state index contributed by atoms with van der Waals surface area (Å²) in [5.74, 6) is -0.0925. The van der Waals surface area contributed by atoms with Crippen molar-refractivity contribution in [2.75, 3.05) is 22.9 Å². The molecule has 2 rings (SSSR count). The minimum Gasteiger partial charge on any atom is -0.314 e. The number of rotatable bonds is 4. The highest BCUT2D eigenvalue weighted by Crippen LogP contribution is 2.16. The monoisotopic (exact) mass is 275 g/mol. The van der Waals surface area contributed by atoms with Crippen LogP contribution < -0.4 is 9.32 Å². The molecule has 0 N–H and O–H groups in total. The molecular formula is C14H14ClN3O. The van der Waals surface area contributed by atoms with Crippen molar-refractivity contribution >= 4 is 29.1 Å². The maximum Gasteiger partial charge on any atom is 0.247 e. The average molecular weight is 276 g/mol. The van der Waals surface area contributed by atoms with Gasteiger partial charge in [-0.15, -0.1) is 0 Å². The van der Waals surface area contributed by atoms with Crippen LogP contribution in [0.1, 0.15) is 0 Å². The number of para-hydroxylation sites is 1. The van der Waals surface area contributed by atoms with E-state index in [0.29, 0.717) is 5.69 Å². The van der Waals surface area contributed by atoms with Crippen molar-refractivity contribution in [1.82, 2.24) is 4.98 Å². The van der Waals surface area contributed by atoms with Crippen LogP contribution in [0.2, 0.25) is 0 Å². The molecule has 0 radical (unpaired) electrons. The van der Waals surface area contributed by atoms with Gasteiger partial charge in [-0.05, 0) is 24.3 Å². The van der Waals surface area contributed by atoms with Crippen LogP contribution in [0.3, 0.4) is 0 Å². The second kappa shape index (κ2) is 6.20. The van der Waals surface area contributed by atoms with Crippen LogP contribution >= 0.6 is 11.8 Å². The van der Waals surface area contributed by atoms with Crippen LogP contribution in [0.4, 0.5) is 11.4 Å². The van der Waals surface area contributed by atoms with Crippen molar-refractivity contribution in [3.63, 3.8) is 0 Å². The van der Waals surface area contributed by atoms with E-state index in [-0.39, 0.29) is 12.5 Å². The molecule has 19 heavy (non-hydrogen) atoms. The van der Waals surface area contributed by atoms with Gasteiger partial charge in [0.15, 0.2) is 0 Å². The van der Waals surface area contributed by atoms with Crippen molar-refractivity contribution in [2.45, 2.75) is 0 Å². The van der Waals surface area contributed by atoms with Gasteiger partial charge in [-0.1, -0.05) is 18.2 Å². The highest BCUT2D eigenvalue weighted by atomic mass is 35.5. The summed E-state index contributed by atoms with van der Waals surface area (Å²) in [7, 11) is 1.73. The number of carbonyl (C=O) groups excluding carboxylic acids is 1. The highest BCUT2D eigenvalue weighted by Gasteiger charge is 2.14. The third-order valence-electron chi connectivity index (χ3n) is 2.72. The number of anilines is 2. The molecule has 0 atom stereocenters. The van der Waals surface area contributed by atoms with Gasteiger partial charge in [0.2, 0.25) is 5.91 Å². The molecule has 2 aromatic rings. The number of hydrogen-bond donors (Lipinski definition) is 0. The number of hydrogen-bond acceptors (Lipinski definition) is 3. The zero-order chi connectivity index (χ0) is 13.7. The molecule has 0 spiro atoms. The molecule has 1 aromatic carbocycles. The van der Waals surface area contributed by atoms with E-state index < -0.39 is 0 Å². The van der Waals surface area contributed by atoms with Gasteiger partial charge in [-0.2, -0.15) is 0 Å². The Morgan fingerprint density at radius 1 is 1.16 bits per heavy atom. The number of likely N-dealkylation sites (N-methyl/N-ethyl adjacent to an activating group) is 1. The van der Waals surface area contributed by atoms with Crippen LogP contribution in [0, 0.1) is 0 Å². The van der Waals surface area contributed by atoms with E-state index in [1.54, 1.807) is 36.5 Å². The topological polar surface area (TPSA) is 36.4 Å². The molecule has 1 aromatic heterocycles. The highest BCUT2D eigenvalue weighted by molar-refractivity contribution is 6.27. The number of aromatic nitrogens is 1. The number of nitrogens with zero attached hydrogens (tertiary/aromatic N) is 3. The van der Waals surface area contributed by atoms with Crippen molar-refractivity contribution in [1.29, 1.82) is 0 Å². The lowest BCUT2D eigenvalue weighted by Gasteiger charge is -2.21. The Balaban J connectivity index is 2.02. The summed E-state index contributed by atoms with van der Waals surface area (Å²) in [5.41, 5.74) is 1.53. The summed E-state index contributed by atoms with van der Waals surface area (Å²) in [6.45, 7) is 0.0820. The first kappa shape index (κ1) is 13.4. The molecule has 1 amide bonds. The summed E-state index contributed by atoms with van der Waals surface area (Å²) in [6, 6.07) is 13.0. The van der Waals surface area contributed by atoms with Gasteiger partial charge in [0.1, 0.15) is 6.54 Å². The Bertz CT molecular complexity index is 533. The summed E-state index contributed by atoms with van der Waals surface area (Å²) in [4.78, 5) is 17.6. The zero-order valence-electron chi connectivity index (χ0n) is 10.5. The Morgan fingerprint density at radius 2 is 1.84 bits per heavy atom. The molecule has 4 nitrogen and oxygen atoms in total. The Labute approximate surface area is 117 Å². The first-order valence-corrected chi connectivity index (χ1v) is 6.17. The van der Waals surface area contributed by atoms with Crippen LogP contribution in [-0.4, -0.2) is 24.5 Å². The van der Waals surface area contributed by atoms with E-state index in [2.05, 4.69) is 4.98 Å². The van der Waals surface area contributed by atoms with Crippen LogP contribution in [-0.2, 0) is 4.79 Å². The summed E-state index contributed by atoms with van der Waals surface area (Å²) < 4.78 is 1.36. The van der Waals surface area contributed by atoms with Crippen molar-refractivity contribution in [3.8, 4) is 0 Å². The number of halogens is 1. The van der Waals surface area contributed by atoms with Gasteiger partial charge in [0, 0.05) is 30.7 Å². The Hall–Kier alpha value is -2.07.